The SMILES string of the molecule is COC(=O)c1ccc(OC(F)(F)C(F)OC(F)(F)F)cc1. The van der Waals surface area contributed by atoms with Crippen LogP contribution < -0.4 is 4.74 Å². The molecular weight excluding hydrogens is 310 g/mol. The van der Waals surface area contributed by atoms with Gasteiger partial charge >= 0.3 is 24.8 Å². The third kappa shape index (κ3) is 5.14. The van der Waals surface area contributed by atoms with E-state index in [0.717, 1.165) is 31.4 Å². The zero-order valence-corrected chi connectivity index (χ0v) is 10.3. The van der Waals surface area contributed by atoms with E-state index >= 15 is 0 Å². The number of rotatable bonds is 5. The highest BCUT2D eigenvalue weighted by atomic mass is 19.4. The van der Waals surface area contributed by atoms with Gasteiger partial charge in [-0.05, 0) is 24.3 Å². The molecule has 0 saturated heterocycles. The molecule has 21 heavy (non-hydrogen) atoms. The number of alkyl halides is 6. The molecule has 0 N–H and O–H groups in total. The first kappa shape index (κ1) is 17.1. The molecular formula is C11H8F6O4. The van der Waals surface area contributed by atoms with Gasteiger partial charge in [0.2, 0.25) is 0 Å². The van der Waals surface area contributed by atoms with Gasteiger partial charge in [-0.15, -0.1) is 13.2 Å². The molecule has 1 atom stereocenters. The summed E-state index contributed by atoms with van der Waals surface area (Å²) in [4.78, 5) is 11.1. The Bertz CT molecular complexity index is 484. The number of halogens is 6. The second-order valence-electron chi connectivity index (χ2n) is 3.56. The first-order valence-electron chi connectivity index (χ1n) is 5.19. The molecule has 1 aromatic carbocycles. The van der Waals surface area contributed by atoms with E-state index < -0.39 is 30.5 Å². The highest BCUT2D eigenvalue weighted by Crippen LogP contribution is 2.31. The van der Waals surface area contributed by atoms with E-state index in [0.29, 0.717) is 0 Å². The van der Waals surface area contributed by atoms with E-state index in [1.807, 2.05) is 0 Å². The molecule has 0 aliphatic rings. The van der Waals surface area contributed by atoms with Crippen LogP contribution in [0.15, 0.2) is 24.3 Å². The lowest BCUT2D eigenvalue weighted by Gasteiger charge is -2.22. The molecule has 1 aromatic rings. The molecule has 0 bridgehead atoms. The molecule has 1 unspecified atom stereocenters. The second-order valence-corrected chi connectivity index (χ2v) is 3.56. The lowest BCUT2D eigenvalue weighted by Crippen LogP contribution is -2.41. The highest BCUT2D eigenvalue weighted by Gasteiger charge is 2.50. The van der Waals surface area contributed by atoms with Crippen molar-refractivity contribution in [1.82, 2.24) is 0 Å². The van der Waals surface area contributed by atoms with Crippen LogP contribution in [0.5, 0.6) is 5.75 Å². The van der Waals surface area contributed by atoms with Crippen LogP contribution in [-0.4, -0.2) is 31.9 Å². The Labute approximate surface area is 114 Å². The third-order valence-electron chi connectivity index (χ3n) is 2.03. The quantitative estimate of drug-likeness (QED) is 0.617. The fraction of sp³-hybridized carbons (Fsp3) is 0.364. The average molecular weight is 318 g/mol. The van der Waals surface area contributed by atoms with Crippen LogP contribution >= 0.6 is 0 Å². The van der Waals surface area contributed by atoms with Crippen molar-refractivity contribution in [3.63, 3.8) is 0 Å². The Morgan fingerprint density at radius 3 is 2.05 bits per heavy atom. The number of ether oxygens (including phenoxy) is 3. The Balaban J connectivity index is 2.77. The molecule has 0 saturated carbocycles. The molecule has 0 radical (unpaired) electrons. The van der Waals surface area contributed by atoms with Crippen LogP contribution in [0.4, 0.5) is 26.3 Å². The smallest absolute Gasteiger partial charge is 0.465 e. The Morgan fingerprint density at radius 2 is 1.62 bits per heavy atom. The molecule has 4 nitrogen and oxygen atoms in total. The molecule has 118 valence electrons. The van der Waals surface area contributed by atoms with Crippen LogP contribution in [0.2, 0.25) is 0 Å². The second kappa shape index (κ2) is 6.20. The van der Waals surface area contributed by atoms with Crippen LogP contribution in [0.1, 0.15) is 10.4 Å². The first-order valence-corrected chi connectivity index (χ1v) is 5.19. The molecule has 0 fully saturated rings. The molecule has 0 amide bonds. The Kier molecular flexibility index (Phi) is 5.05. The normalized spacial score (nSPS) is 13.7. The van der Waals surface area contributed by atoms with Crippen molar-refractivity contribution in [1.29, 1.82) is 0 Å². The third-order valence-corrected chi connectivity index (χ3v) is 2.03. The minimum Gasteiger partial charge on any atom is -0.465 e. The van der Waals surface area contributed by atoms with Gasteiger partial charge in [0.1, 0.15) is 5.75 Å². The van der Waals surface area contributed by atoms with E-state index in [4.69, 9.17) is 0 Å². The summed E-state index contributed by atoms with van der Waals surface area (Å²) >= 11 is 0. The monoisotopic (exact) mass is 318 g/mol. The van der Waals surface area contributed by atoms with Gasteiger partial charge in [-0.1, -0.05) is 0 Å². The van der Waals surface area contributed by atoms with Gasteiger partial charge in [-0.3, -0.25) is 0 Å². The topological polar surface area (TPSA) is 44.8 Å². The van der Waals surface area contributed by atoms with E-state index in [-0.39, 0.29) is 5.56 Å². The van der Waals surface area contributed by atoms with Gasteiger partial charge < -0.3 is 9.47 Å². The van der Waals surface area contributed by atoms with Crippen LogP contribution in [0.25, 0.3) is 0 Å². The minimum absolute atomic E-state index is 0.0171. The van der Waals surface area contributed by atoms with Gasteiger partial charge in [-0.25, -0.2) is 13.9 Å². The van der Waals surface area contributed by atoms with Gasteiger partial charge in [0.15, 0.2) is 0 Å². The lowest BCUT2D eigenvalue weighted by atomic mass is 10.2. The Hall–Kier alpha value is -1.97. The number of benzene rings is 1. The number of esters is 1. The summed E-state index contributed by atoms with van der Waals surface area (Å²) in [6, 6.07) is 3.69. The lowest BCUT2D eigenvalue weighted by molar-refractivity contribution is -0.411. The van der Waals surface area contributed by atoms with Crippen molar-refractivity contribution in [3.8, 4) is 5.75 Å². The fourth-order valence-corrected chi connectivity index (χ4v) is 1.17. The summed E-state index contributed by atoms with van der Waals surface area (Å²) in [6.45, 7) is 0. The number of carbonyl (C=O) groups is 1. The number of hydrogen-bond donors (Lipinski definition) is 0. The summed E-state index contributed by atoms with van der Waals surface area (Å²) in [7, 11) is 1.09. The van der Waals surface area contributed by atoms with E-state index in [1.165, 1.54) is 0 Å². The molecule has 0 heterocycles. The maximum absolute atomic E-state index is 13.0. The van der Waals surface area contributed by atoms with Gasteiger partial charge in [0.05, 0.1) is 12.7 Å². The summed E-state index contributed by atoms with van der Waals surface area (Å²) in [5.74, 6) is -1.43. The minimum atomic E-state index is -5.58. The summed E-state index contributed by atoms with van der Waals surface area (Å²) < 4.78 is 84.5. The maximum Gasteiger partial charge on any atom is 0.525 e. The van der Waals surface area contributed by atoms with Gasteiger partial charge in [0.25, 0.3) is 0 Å². The van der Waals surface area contributed by atoms with E-state index in [2.05, 4.69) is 14.2 Å². The predicted molar refractivity (Wildman–Crippen MR) is 55.4 cm³/mol. The van der Waals surface area contributed by atoms with Crippen LogP contribution in [-0.2, 0) is 9.47 Å². The van der Waals surface area contributed by atoms with Crippen molar-refractivity contribution in [2.45, 2.75) is 18.8 Å². The van der Waals surface area contributed by atoms with E-state index in [1.54, 1.807) is 0 Å². The van der Waals surface area contributed by atoms with Gasteiger partial charge in [-0.2, -0.15) is 8.78 Å². The number of methoxy groups -OCH3 is 1. The molecule has 1 rings (SSSR count). The van der Waals surface area contributed by atoms with E-state index in [9.17, 15) is 31.1 Å². The summed E-state index contributed by atoms with van der Waals surface area (Å²) in [5, 5.41) is 0. The molecule has 10 heteroatoms. The zero-order chi connectivity index (χ0) is 16.3. The van der Waals surface area contributed by atoms with Crippen molar-refractivity contribution in [2.24, 2.45) is 0 Å². The summed E-state index contributed by atoms with van der Waals surface area (Å²) in [5.41, 5.74) is -0.0171. The maximum atomic E-state index is 13.0. The molecule has 0 aliphatic carbocycles. The molecule has 0 aromatic heterocycles. The molecule has 0 spiro atoms. The number of hydrogen-bond acceptors (Lipinski definition) is 4. The Morgan fingerprint density at radius 1 is 1.10 bits per heavy atom. The van der Waals surface area contributed by atoms with Crippen molar-refractivity contribution >= 4 is 5.97 Å². The summed E-state index contributed by atoms with van der Waals surface area (Å²) in [6.07, 6.45) is -14.5. The fourth-order valence-electron chi connectivity index (χ4n) is 1.17. The van der Waals surface area contributed by atoms with Crippen LogP contribution in [0.3, 0.4) is 0 Å². The predicted octanol–water partition coefficient (Wildman–Crippen LogP) is 3.28. The van der Waals surface area contributed by atoms with Crippen molar-refractivity contribution in [2.75, 3.05) is 7.11 Å². The molecule has 0 aliphatic heterocycles. The van der Waals surface area contributed by atoms with Crippen molar-refractivity contribution < 1.29 is 45.3 Å². The van der Waals surface area contributed by atoms with Crippen LogP contribution in [0, 0.1) is 0 Å². The first-order chi connectivity index (χ1) is 9.55. The van der Waals surface area contributed by atoms with Gasteiger partial charge in [0, 0.05) is 0 Å². The zero-order valence-electron chi connectivity index (χ0n) is 10.3. The van der Waals surface area contributed by atoms with Crippen molar-refractivity contribution in [3.05, 3.63) is 29.8 Å². The standard InChI is InChI=1S/C11H8F6O4/c1-19-8(18)6-2-4-7(5-3-6)20-10(13,14)9(12)21-11(15,16)17/h2-5,9H,1H3. The average Bonchev–Trinajstić information content (AvgIpc) is 2.36. The number of carbonyl (C=O) groups excluding carboxylic acids is 1. The largest absolute Gasteiger partial charge is 0.525 e. The highest BCUT2D eigenvalue weighted by molar-refractivity contribution is 5.89.